The van der Waals surface area contributed by atoms with Gasteiger partial charge in [0.15, 0.2) is 0 Å². The van der Waals surface area contributed by atoms with E-state index in [-0.39, 0.29) is 24.3 Å². The van der Waals surface area contributed by atoms with Gasteiger partial charge in [0.1, 0.15) is 5.82 Å². The molecule has 4 heteroatoms. The van der Waals surface area contributed by atoms with E-state index in [0.29, 0.717) is 0 Å². The Morgan fingerprint density at radius 2 is 1.82 bits per heavy atom. The lowest BCUT2D eigenvalue weighted by Gasteiger charge is -2.15. The van der Waals surface area contributed by atoms with Crippen molar-refractivity contribution in [2.75, 3.05) is 11.9 Å². The third kappa shape index (κ3) is 4.85. The molecule has 0 spiro atoms. The SMILES string of the molecule is CCC(CC)NC(=O)CNc1ccc(F)cc1. The van der Waals surface area contributed by atoms with Crippen LogP contribution in [-0.4, -0.2) is 18.5 Å². The molecule has 0 saturated carbocycles. The highest BCUT2D eigenvalue weighted by molar-refractivity contribution is 5.80. The predicted octanol–water partition coefficient (Wildman–Crippen LogP) is 2.54. The van der Waals surface area contributed by atoms with E-state index >= 15 is 0 Å². The van der Waals surface area contributed by atoms with Crippen LogP contribution >= 0.6 is 0 Å². The van der Waals surface area contributed by atoms with Gasteiger partial charge in [-0.25, -0.2) is 4.39 Å². The first-order valence-corrected chi connectivity index (χ1v) is 5.94. The summed E-state index contributed by atoms with van der Waals surface area (Å²) in [5, 5.41) is 5.87. The standard InChI is InChI=1S/C13H19FN2O/c1-3-11(4-2)16-13(17)9-15-12-7-5-10(14)6-8-12/h5-8,11,15H,3-4,9H2,1-2H3,(H,16,17). The number of anilines is 1. The molecule has 0 atom stereocenters. The Balaban J connectivity index is 2.35. The Morgan fingerprint density at radius 3 is 2.35 bits per heavy atom. The number of benzene rings is 1. The lowest BCUT2D eigenvalue weighted by atomic mass is 10.2. The van der Waals surface area contributed by atoms with Crippen molar-refractivity contribution in [3.05, 3.63) is 30.1 Å². The van der Waals surface area contributed by atoms with Gasteiger partial charge in [-0.3, -0.25) is 4.79 Å². The zero-order valence-corrected chi connectivity index (χ0v) is 10.3. The first-order valence-electron chi connectivity index (χ1n) is 5.94. The van der Waals surface area contributed by atoms with Crippen molar-refractivity contribution in [3.8, 4) is 0 Å². The molecule has 0 aliphatic heterocycles. The molecule has 0 bridgehead atoms. The zero-order valence-electron chi connectivity index (χ0n) is 10.3. The van der Waals surface area contributed by atoms with E-state index in [1.54, 1.807) is 12.1 Å². The topological polar surface area (TPSA) is 41.1 Å². The van der Waals surface area contributed by atoms with Crippen LogP contribution in [-0.2, 0) is 4.79 Å². The largest absolute Gasteiger partial charge is 0.376 e. The van der Waals surface area contributed by atoms with Crippen molar-refractivity contribution in [1.82, 2.24) is 5.32 Å². The smallest absolute Gasteiger partial charge is 0.239 e. The predicted molar refractivity (Wildman–Crippen MR) is 67.4 cm³/mol. The summed E-state index contributed by atoms with van der Waals surface area (Å²) < 4.78 is 12.6. The van der Waals surface area contributed by atoms with Crippen molar-refractivity contribution in [1.29, 1.82) is 0 Å². The minimum atomic E-state index is -0.281. The van der Waals surface area contributed by atoms with Crippen LogP contribution in [0.2, 0.25) is 0 Å². The molecule has 1 aromatic carbocycles. The van der Waals surface area contributed by atoms with Crippen LogP contribution in [0.25, 0.3) is 0 Å². The van der Waals surface area contributed by atoms with E-state index in [4.69, 9.17) is 0 Å². The normalized spacial score (nSPS) is 10.4. The van der Waals surface area contributed by atoms with E-state index in [2.05, 4.69) is 10.6 Å². The molecule has 0 heterocycles. The van der Waals surface area contributed by atoms with Gasteiger partial charge in [0, 0.05) is 11.7 Å². The molecule has 0 aromatic heterocycles. The maximum Gasteiger partial charge on any atom is 0.239 e. The van der Waals surface area contributed by atoms with Crippen LogP contribution < -0.4 is 10.6 Å². The number of nitrogens with one attached hydrogen (secondary N) is 2. The van der Waals surface area contributed by atoms with Gasteiger partial charge >= 0.3 is 0 Å². The molecule has 0 unspecified atom stereocenters. The van der Waals surface area contributed by atoms with Crippen LogP contribution in [0, 0.1) is 5.82 Å². The highest BCUT2D eigenvalue weighted by atomic mass is 19.1. The lowest BCUT2D eigenvalue weighted by molar-refractivity contribution is -0.120. The molecule has 0 saturated heterocycles. The number of amides is 1. The number of hydrogen-bond donors (Lipinski definition) is 2. The number of hydrogen-bond acceptors (Lipinski definition) is 2. The van der Waals surface area contributed by atoms with Crippen LogP contribution in [0.5, 0.6) is 0 Å². The number of rotatable bonds is 6. The zero-order chi connectivity index (χ0) is 12.7. The summed E-state index contributed by atoms with van der Waals surface area (Å²) >= 11 is 0. The molecular formula is C13H19FN2O. The van der Waals surface area contributed by atoms with Gasteiger partial charge in [-0.1, -0.05) is 13.8 Å². The van der Waals surface area contributed by atoms with Crippen LogP contribution in [0.15, 0.2) is 24.3 Å². The number of carbonyl (C=O) groups is 1. The van der Waals surface area contributed by atoms with E-state index in [1.165, 1.54) is 12.1 Å². The fourth-order valence-corrected chi connectivity index (χ4v) is 1.52. The van der Waals surface area contributed by atoms with Crippen molar-refractivity contribution in [3.63, 3.8) is 0 Å². The molecule has 2 N–H and O–H groups in total. The molecule has 0 aliphatic carbocycles. The van der Waals surface area contributed by atoms with Crippen molar-refractivity contribution in [2.45, 2.75) is 32.7 Å². The summed E-state index contributed by atoms with van der Waals surface area (Å²) in [5.74, 6) is -0.319. The average Bonchev–Trinajstić information content (AvgIpc) is 2.35. The van der Waals surface area contributed by atoms with Crippen LogP contribution in [0.3, 0.4) is 0 Å². The highest BCUT2D eigenvalue weighted by Crippen LogP contribution is 2.07. The summed E-state index contributed by atoms with van der Waals surface area (Å²) in [5.41, 5.74) is 0.742. The molecule has 1 amide bonds. The Kier molecular flexibility index (Phi) is 5.46. The molecule has 94 valence electrons. The quantitative estimate of drug-likeness (QED) is 0.799. The molecule has 0 fully saturated rings. The molecular weight excluding hydrogens is 219 g/mol. The summed E-state index contributed by atoms with van der Waals surface area (Å²) in [6.45, 7) is 4.30. The third-order valence-electron chi connectivity index (χ3n) is 2.65. The van der Waals surface area contributed by atoms with Crippen molar-refractivity contribution in [2.24, 2.45) is 0 Å². The first kappa shape index (κ1) is 13.5. The van der Waals surface area contributed by atoms with E-state index < -0.39 is 0 Å². The monoisotopic (exact) mass is 238 g/mol. The Hall–Kier alpha value is -1.58. The number of halogens is 1. The second-order valence-electron chi connectivity index (χ2n) is 3.94. The van der Waals surface area contributed by atoms with Crippen LogP contribution in [0.4, 0.5) is 10.1 Å². The van der Waals surface area contributed by atoms with E-state index in [1.807, 2.05) is 13.8 Å². The minimum Gasteiger partial charge on any atom is -0.376 e. The van der Waals surface area contributed by atoms with E-state index in [0.717, 1.165) is 18.5 Å². The lowest BCUT2D eigenvalue weighted by Crippen LogP contribution is -2.37. The number of carbonyl (C=O) groups excluding carboxylic acids is 1. The van der Waals surface area contributed by atoms with Gasteiger partial charge in [-0.05, 0) is 37.1 Å². The molecule has 0 aliphatic rings. The van der Waals surface area contributed by atoms with Crippen molar-refractivity contribution >= 4 is 11.6 Å². The van der Waals surface area contributed by atoms with Gasteiger partial charge in [0.25, 0.3) is 0 Å². The second-order valence-corrected chi connectivity index (χ2v) is 3.94. The summed E-state index contributed by atoms with van der Waals surface area (Å²) in [6, 6.07) is 6.18. The molecule has 17 heavy (non-hydrogen) atoms. The van der Waals surface area contributed by atoms with Gasteiger partial charge < -0.3 is 10.6 Å². The minimum absolute atomic E-state index is 0.0389. The summed E-state index contributed by atoms with van der Waals surface area (Å²) in [6.07, 6.45) is 1.86. The van der Waals surface area contributed by atoms with Crippen molar-refractivity contribution < 1.29 is 9.18 Å². The Morgan fingerprint density at radius 1 is 1.24 bits per heavy atom. The molecule has 0 radical (unpaired) electrons. The first-order chi connectivity index (χ1) is 8.15. The highest BCUT2D eigenvalue weighted by Gasteiger charge is 2.07. The summed E-state index contributed by atoms with van der Waals surface area (Å²) in [4.78, 5) is 11.6. The molecule has 1 aromatic rings. The maximum atomic E-state index is 12.6. The molecule has 1 rings (SSSR count). The Labute approximate surface area is 101 Å². The summed E-state index contributed by atoms with van der Waals surface area (Å²) in [7, 11) is 0. The van der Waals surface area contributed by atoms with E-state index in [9.17, 15) is 9.18 Å². The van der Waals surface area contributed by atoms with Gasteiger partial charge in [-0.15, -0.1) is 0 Å². The van der Waals surface area contributed by atoms with Gasteiger partial charge in [0.05, 0.1) is 6.54 Å². The second kappa shape index (κ2) is 6.89. The van der Waals surface area contributed by atoms with Gasteiger partial charge in [-0.2, -0.15) is 0 Å². The fraction of sp³-hybridized carbons (Fsp3) is 0.462. The maximum absolute atomic E-state index is 12.6. The molecule has 3 nitrogen and oxygen atoms in total. The van der Waals surface area contributed by atoms with Crippen LogP contribution in [0.1, 0.15) is 26.7 Å². The van der Waals surface area contributed by atoms with Gasteiger partial charge in [0.2, 0.25) is 5.91 Å². The fourth-order valence-electron chi connectivity index (χ4n) is 1.52. The average molecular weight is 238 g/mol. The Bertz CT molecular complexity index is 347. The third-order valence-corrected chi connectivity index (χ3v) is 2.65.